The number of carboxylic acids is 1. The van der Waals surface area contributed by atoms with Gasteiger partial charge in [0, 0.05) is 6.54 Å². The van der Waals surface area contributed by atoms with Crippen LogP contribution in [0.1, 0.15) is 13.3 Å². The largest absolute Gasteiger partial charge is 0.480 e. The minimum Gasteiger partial charge on any atom is -0.480 e. The van der Waals surface area contributed by atoms with Gasteiger partial charge in [0.1, 0.15) is 6.04 Å². The van der Waals surface area contributed by atoms with Gasteiger partial charge in [-0.1, -0.05) is 13.3 Å². The molecule has 0 radical (unpaired) electrons. The molecule has 3 nitrogen and oxygen atoms in total. The fraction of sp³-hybridized carbons (Fsp3) is 0.833. The first kappa shape index (κ1) is 6.55. The monoisotopic (exact) mass is 129 g/mol. The Bertz CT molecular complexity index is 122. The van der Waals surface area contributed by atoms with E-state index in [0.29, 0.717) is 5.92 Å². The average molecular weight is 129 g/mol. The Hall–Kier alpha value is -0.570. The lowest BCUT2D eigenvalue weighted by Gasteiger charge is -2.33. The second kappa shape index (κ2) is 2.35. The summed E-state index contributed by atoms with van der Waals surface area (Å²) in [5, 5.41) is 11.3. The van der Waals surface area contributed by atoms with Gasteiger partial charge >= 0.3 is 5.97 Å². The zero-order valence-electron chi connectivity index (χ0n) is 5.42. The lowest BCUT2D eigenvalue weighted by Crippen LogP contribution is -2.56. The topological polar surface area (TPSA) is 49.3 Å². The fourth-order valence-electron chi connectivity index (χ4n) is 1.07. The van der Waals surface area contributed by atoms with Crippen LogP contribution < -0.4 is 5.32 Å². The van der Waals surface area contributed by atoms with Crippen molar-refractivity contribution in [3.63, 3.8) is 0 Å². The van der Waals surface area contributed by atoms with Gasteiger partial charge in [-0.25, -0.2) is 0 Å². The third-order valence-electron chi connectivity index (χ3n) is 1.86. The molecule has 0 bridgehead atoms. The highest BCUT2D eigenvalue weighted by molar-refractivity contribution is 5.75. The molecule has 2 atom stereocenters. The maximum atomic E-state index is 10.3. The molecule has 0 aromatic heterocycles. The molecule has 2 N–H and O–H groups in total. The SMILES string of the molecule is CCC1CN[C@@H]1C(=O)O. The minimum absolute atomic E-state index is 0.269. The molecule has 3 heteroatoms. The van der Waals surface area contributed by atoms with Crippen LogP contribution in [-0.4, -0.2) is 23.7 Å². The highest BCUT2D eigenvalue weighted by atomic mass is 16.4. The molecule has 1 fully saturated rings. The maximum absolute atomic E-state index is 10.3. The summed E-state index contributed by atoms with van der Waals surface area (Å²) in [6.45, 7) is 2.88. The summed E-state index contributed by atoms with van der Waals surface area (Å²) in [5.74, 6) is -0.351. The van der Waals surface area contributed by atoms with E-state index < -0.39 is 5.97 Å². The summed E-state index contributed by atoms with van der Waals surface area (Å²) in [5.41, 5.74) is 0. The van der Waals surface area contributed by atoms with Gasteiger partial charge in [0.15, 0.2) is 0 Å². The summed E-state index contributed by atoms with van der Waals surface area (Å²) in [6.07, 6.45) is 0.962. The predicted octanol–water partition coefficient (Wildman–Crippen LogP) is 0.0690. The van der Waals surface area contributed by atoms with Gasteiger partial charge in [0.2, 0.25) is 0 Å². The molecule has 0 aliphatic carbocycles. The summed E-state index contributed by atoms with van der Waals surface area (Å²) in [6, 6.07) is -0.269. The zero-order valence-corrected chi connectivity index (χ0v) is 5.42. The number of aliphatic carboxylic acids is 1. The molecule has 1 rings (SSSR count). The number of nitrogens with one attached hydrogen (secondary N) is 1. The molecule has 1 unspecified atom stereocenters. The van der Waals surface area contributed by atoms with Crippen molar-refractivity contribution in [2.24, 2.45) is 5.92 Å². The Labute approximate surface area is 54.1 Å². The Balaban J connectivity index is 2.35. The van der Waals surface area contributed by atoms with Gasteiger partial charge < -0.3 is 10.4 Å². The molecule has 1 aliphatic heterocycles. The van der Waals surface area contributed by atoms with E-state index in [1.165, 1.54) is 0 Å². The van der Waals surface area contributed by atoms with Gasteiger partial charge in [-0.15, -0.1) is 0 Å². The van der Waals surface area contributed by atoms with Gasteiger partial charge in [-0.3, -0.25) is 4.79 Å². The van der Waals surface area contributed by atoms with E-state index >= 15 is 0 Å². The van der Waals surface area contributed by atoms with E-state index in [9.17, 15) is 4.79 Å². The van der Waals surface area contributed by atoms with E-state index in [2.05, 4.69) is 5.32 Å². The van der Waals surface area contributed by atoms with Crippen LogP contribution in [0.25, 0.3) is 0 Å². The number of carboxylic acid groups (broad SMARTS) is 1. The van der Waals surface area contributed by atoms with Crippen molar-refractivity contribution in [1.82, 2.24) is 5.32 Å². The molecule has 52 valence electrons. The average Bonchev–Trinajstić information content (AvgIpc) is 1.61. The third kappa shape index (κ3) is 1.05. The van der Waals surface area contributed by atoms with Gasteiger partial charge in [-0.2, -0.15) is 0 Å². The van der Waals surface area contributed by atoms with Crippen LogP contribution in [-0.2, 0) is 4.79 Å². The van der Waals surface area contributed by atoms with Crippen LogP contribution in [0.4, 0.5) is 0 Å². The Kier molecular flexibility index (Phi) is 1.71. The van der Waals surface area contributed by atoms with Crippen LogP contribution in [0.2, 0.25) is 0 Å². The molecule has 0 amide bonds. The highest BCUT2D eigenvalue weighted by Gasteiger charge is 2.34. The van der Waals surface area contributed by atoms with Crippen molar-refractivity contribution in [2.45, 2.75) is 19.4 Å². The molecule has 0 spiro atoms. The fourth-order valence-corrected chi connectivity index (χ4v) is 1.07. The molecule has 0 aromatic rings. The molecular formula is C6H11NO2. The van der Waals surface area contributed by atoms with Crippen molar-refractivity contribution < 1.29 is 9.90 Å². The summed E-state index contributed by atoms with van der Waals surface area (Å²) in [7, 11) is 0. The van der Waals surface area contributed by atoms with E-state index in [4.69, 9.17) is 5.11 Å². The van der Waals surface area contributed by atoms with E-state index in [0.717, 1.165) is 13.0 Å². The second-order valence-corrected chi connectivity index (χ2v) is 2.39. The lowest BCUT2D eigenvalue weighted by molar-refractivity contribution is -0.143. The first-order valence-corrected chi connectivity index (χ1v) is 3.22. The van der Waals surface area contributed by atoms with Gasteiger partial charge in [0.25, 0.3) is 0 Å². The quantitative estimate of drug-likeness (QED) is 0.554. The predicted molar refractivity (Wildman–Crippen MR) is 33.2 cm³/mol. The van der Waals surface area contributed by atoms with Crippen molar-refractivity contribution in [2.75, 3.05) is 6.54 Å². The van der Waals surface area contributed by atoms with Crippen molar-refractivity contribution >= 4 is 5.97 Å². The normalized spacial score (nSPS) is 33.4. The van der Waals surface area contributed by atoms with Crippen molar-refractivity contribution in [3.8, 4) is 0 Å². The van der Waals surface area contributed by atoms with Crippen LogP contribution in [0.3, 0.4) is 0 Å². The van der Waals surface area contributed by atoms with E-state index in [-0.39, 0.29) is 6.04 Å². The second-order valence-electron chi connectivity index (χ2n) is 2.39. The van der Waals surface area contributed by atoms with Crippen molar-refractivity contribution in [3.05, 3.63) is 0 Å². The third-order valence-corrected chi connectivity index (χ3v) is 1.86. The number of carbonyl (C=O) groups is 1. The van der Waals surface area contributed by atoms with Crippen LogP contribution >= 0.6 is 0 Å². The van der Waals surface area contributed by atoms with Crippen LogP contribution in [0.15, 0.2) is 0 Å². The molecule has 1 saturated heterocycles. The highest BCUT2D eigenvalue weighted by Crippen LogP contribution is 2.16. The Morgan fingerprint density at radius 1 is 1.89 bits per heavy atom. The maximum Gasteiger partial charge on any atom is 0.321 e. The van der Waals surface area contributed by atoms with Crippen molar-refractivity contribution in [1.29, 1.82) is 0 Å². The van der Waals surface area contributed by atoms with Gasteiger partial charge in [-0.05, 0) is 5.92 Å². The summed E-state index contributed by atoms with van der Waals surface area (Å²) < 4.78 is 0. The first-order chi connectivity index (χ1) is 4.25. The molecule has 0 saturated carbocycles. The molecule has 0 aromatic carbocycles. The first-order valence-electron chi connectivity index (χ1n) is 3.22. The number of hydrogen-bond acceptors (Lipinski definition) is 2. The number of rotatable bonds is 2. The summed E-state index contributed by atoms with van der Waals surface area (Å²) in [4.78, 5) is 10.3. The standard InChI is InChI=1S/C6H11NO2/c1-2-4-3-7-5(4)6(8)9/h4-5,7H,2-3H2,1H3,(H,8,9)/t4?,5-/m0/s1. The lowest BCUT2D eigenvalue weighted by atomic mass is 9.90. The number of hydrogen-bond donors (Lipinski definition) is 2. The summed E-state index contributed by atoms with van der Waals surface area (Å²) >= 11 is 0. The zero-order chi connectivity index (χ0) is 6.85. The minimum atomic E-state index is -0.715. The van der Waals surface area contributed by atoms with Gasteiger partial charge in [0.05, 0.1) is 0 Å². The van der Waals surface area contributed by atoms with E-state index in [1.54, 1.807) is 0 Å². The van der Waals surface area contributed by atoms with Crippen LogP contribution in [0.5, 0.6) is 0 Å². The molecular weight excluding hydrogens is 118 g/mol. The Morgan fingerprint density at radius 2 is 2.56 bits per heavy atom. The smallest absolute Gasteiger partial charge is 0.321 e. The Morgan fingerprint density at radius 3 is 2.67 bits per heavy atom. The molecule has 1 aliphatic rings. The molecule has 9 heavy (non-hydrogen) atoms. The van der Waals surface area contributed by atoms with E-state index in [1.807, 2.05) is 6.92 Å². The van der Waals surface area contributed by atoms with Crippen LogP contribution in [0, 0.1) is 5.92 Å². The molecule has 1 heterocycles.